The van der Waals surface area contributed by atoms with Gasteiger partial charge < -0.3 is 15.2 Å². The molecule has 8 nitrogen and oxygen atoms in total. The molecule has 2 atom stereocenters. The van der Waals surface area contributed by atoms with Gasteiger partial charge in [-0.3, -0.25) is 19.8 Å². The number of carboxylic acids is 1. The van der Waals surface area contributed by atoms with Crippen molar-refractivity contribution in [1.29, 1.82) is 0 Å². The van der Waals surface area contributed by atoms with E-state index < -0.39 is 23.8 Å². The SMILES string of the molecule is C=CCNC(=O)NC(=O)CN(CC)C1COCC1C(=O)O. The van der Waals surface area contributed by atoms with E-state index in [1.165, 1.54) is 6.08 Å². The maximum Gasteiger partial charge on any atom is 0.321 e. The molecule has 0 aromatic rings. The first-order chi connectivity index (χ1) is 9.99. The molecule has 0 aromatic carbocycles. The Kier molecular flexibility index (Phi) is 6.83. The lowest BCUT2D eigenvalue weighted by atomic mass is 10.0. The second-order valence-corrected chi connectivity index (χ2v) is 4.66. The van der Waals surface area contributed by atoms with Crippen LogP contribution in [0.2, 0.25) is 0 Å². The first kappa shape index (κ1) is 17.1. The normalized spacial score (nSPS) is 21.0. The summed E-state index contributed by atoms with van der Waals surface area (Å²) in [4.78, 5) is 36.0. The van der Waals surface area contributed by atoms with E-state index in [-0.39, 0.29) is 32.3 Å². The number of nitrogens with one attached hydrogen (secondary N) is 2. The summed E-state index contributed by atoms with van der Waals surface area (Å²) >= 11 is 0. The number of aliphatic carboxylic acids is 1. The van der Waals surface area contributed by atoms with Crippen molar-refractivity contribution in [1.82, 2.24) is 15.5 Å². The van der Waals surface area contributed by atoms with Gasteiger partial charge in [-0.15, -0.1) is 6.58 Å². The lowest BCUT2D eigenvalue weighted by Gasteiger charge is -2.28. The van der Waals surface area contributed by atoms with E-state index >= 15 is 0 Å². The summed E-state index contributed by atoms with van der Waals surface area (Å²) in [5.74, 6) is -2.10. The Morgan fingerprint density at radius 2 is 2.14 bits per heavy atom. The Labute approximate surface area is 123 Å². The highest BCUT2D eigenvalue weighted by atomic mass is 16.5. The van der Waals surface area contributed by atoms with Gasteiger partial charge in [0.1, 0.15) is 0 Å². The second kappa shape index (κ2) is 8.38. The minimum Gasteiger partial charge on any atom is -0.481 e. The maximum atomic E-state index is 11.8. The van der Waals surface area contributed by atoms with Gasteiger partial charge in [0.2, 0.25) is 5.91 Å². The maximum absolute atomic E-state index is 11.8. The molecule has 1 heterocycles. The second-order valence-electron chi connectivity index (χ2n) is 4.66. The van der Waals surface area contributed by atoms with E-state index in [4.69, 9.17) is 9.84 Å². The van der Waals surface area contributed by atoms with Crippen LogP contribution in [0.4, 0.5) is 4.79 Å². The van der Waals surface area contributed by atoms with Crippen LogP contribution in [0.3, 0.4) is 0 Å². The molecule has 1 rings (SSSR count). The molecule has 0 bridgehead atoms. The average Bonchev–Trinajstić information content (AvgIpc) is 2.91. The number of carboxylic acid groups (broad SMARTS) is 1. The summed E-state index contributed by atoms with van der Waals surface area (Å²) in [5, 5.41) is 13.7. The zero-order valence-corrected chi connectivity index (χ0v) is 12.0. The number of hydrogen-bond donors (Lipinski definition) is 3. The van der Waals surface area contributed by atoms with Gasteiger partial charge in [-0.1, -0.05) is 13.0 Å². The van der Waals surface area contributed by atoms with E-state index in [2.05, 4.69) is 17.2 Å². The van der Waals surface area contributed by atoms with Crippen LogP contribution in [0.1, 0.15) is 6.92 Å². The van der Waals surface area contributed by atoms with E-state index in [0.29, 0.717) is 6.54 Å². The Balaban J connectivity index is 2.53. The number of amides is 3. The van der Waals surface area contributed by atoms with Crippen LogP contribution < -0.4 is 10.6 Å². The highest BCUT2D eigenvalue weighted by Gasteiger charge is 2.38. The van der Waals surface area contributed by atoms with Gasteiger partial charge in [-0.2, -0.15) is 0 Å². The van der Waals surface area contributed by atoms with Crippen LogP contribution in [0.15, 0.2) is 12.7 Å². The molecule has 8 heteroatoms. The third-order valence-corrected chi connectivity index (χ3v) is 3.25. The van der Waals surface area contributed by atoms with Crippen LogP contribution in [-0.2, 0) is 14.3 Å². The monoisotopic (exact) mass is 299 g/mol. The Hall–Kier alpha value is -1.93. The Bertz CT molecular complexity index is 413. The number of rotatable bonds is 7. The van der Waals surface area contributed by atoms with E-state index in [0.717, 1.165) is 0 Å². The quantitative estimate of drug-likeness (QED) is 0.543. The smallest absolute Gasteiger partial charge is 0.321 e. The molecule has 3 N–H and O–H groups in total. The van der Waals surface area contributed by atoms with Gasteiger partial charge in [-0.05, 0) is 6.54 Å². The molecule has 0 radical (unpaired) electrons. The molecule has 1 saturated heterocycles. The largest absolute Gasteiger partial charge is 0.481 e. The number of carbonyl (C=O) groups excluding carboxylic acids is 2. The molecule has 0 saturated carbocycles. The Morgan fingerprint density at radius 3 is 2.71 bits per heavy atom. The van der Waals surface area contributed by atoms with Crippen LogP contribution in [0.25, 0.3) is 0 Å². The average molecular weight is 299 g/mol. The fourth-order valence-electron chi connectivity index (χ4n) is 2.16. The standard InChI is InChI=1S/C13H21N3O5/c1-3-5-14-13(20)15-11(17)6-16(4-2)10-8-21-7-9(10)12(18)19/h3,9-10H,1,4-8H2,2H3,(H,18,19)(H2,14,15,17,20). The minimum absolute atomic E-state index is 0.0597. The van der Waals surface area contributed by atoms with Gasteiger partial charge in [0.15, 0.2) is 0 Å². The molecule has 2 unspecified atom stereocenters. The molecule has 0 spiro atoms. The highest BCUT2D eigenvalue weighted by molar-refractivity contribution is 5.95. The fourth-order valence-corrected chi connectivity index (χ4v) is 2.16. The molecule has 0 aliphatic carbocycles. The molecular weight excluding hydrogens is 278 g/mol. The number of imide groups is 1. The van der Waals surface area contributed by atoms with Crippen molar-refractivity contribution in [3.63, 3.8) is 0 Å². The van der Waals surface area contributed by atoms with Crippen molar-refractivity contribution in [3.05, 3.63) is 12.7 Å². The minimum atomic E-state index is -0.944. The van der Waals surface area contributed by atoms with Crippen molar-refractivity contribution in [3.8, 4) is 0 Å². The van der Waals surface area contributed by atoms with Gasteiger partial charge in [0, 0.05) is 12.6 Å². The lowest BCUT2D eigenvalue weighted by molar-refractivity contribution is -0.143. The van der Waals surface area contributed by atoms with Gasteiger partial charge in [0.25, 0.3) is 0 Å². The van der Waals surface area contributed by atoms with Gasteiger partial charge in [-0.25, -0.2) is 4.79 Å². The Morgan fingerprint density at radius 1 is 1.43 bits per heavy atom. The van der Waals surface area contributed by atoms with Crippen molar-refractivity contribution < 1.29 is 24.2 Å². The van der Waals surface area contributed by atoms with Gasteiger partial charge in [0.05, 0.1) is 25.7 Å². The molecule has 1 aliphatic rings. The van der Waals surface area contributed by atoms with Crippen molar-refractivity contribution in [2.75, 3.05) is 32.8 Å². The number of hydrogen-bond acceptors (Lipinski definition) is 5. The number of likely N-dealkylation sites (N-methyl/N-ethyl adjacent to an activating group) is 1. The molecular formula is C13H21N3O5. The summed E-state index contributed by atoms with van der Waals surface area (Å²) in [6, 6.07) is -0.970. The predicted octanol–water partition coefficient (Wildman–Crippen LogP) is -0.580. The molecule has 1 fully saturated rings. The molecule has 118 valence electrons. The van der Waals surface area contributed by atoms with Crippen LogP contribution in [-0.4, -0.2) is 66.8 Å². The number of carbonyl (C=O) groups is 3. The van der Waals surface area contributed by atoms with E-state index in [1.54, 1.807) is 4.90 Å². The summed E-state index contributed by atoms with van der Waals surface area (Å²) in [6.07, 6.45) is 1.50. The summed E-state index contributed by atoms with van der Waals surface area (Å²) < 4.78 is 5.19. The first-order valence-corrected chi connectivity index (χ1v) is 6.72. The van der Waals surface area contributed by atoms with Crippen molar-refractivity contribution in [2.45, 2.75) is 13.0 Å². The third kappa shape index (κ3) is 5.16. The van der Waals surface area contributed by atoms with Crippen molar-refractivity contribution in [2.24, 2.45) is 5.92 Å². The molecule has 3 amide bonds. The number of nitrogens with zero attached hydrogens (tertiary/aromatic N) is 1. The number of ether oxygens (including phenoxy) is 1. The number of urea groups is 1. The van der Waals surface area contributed by atoms with E-state index in [9.17, 15) is 14.4 Å². The summed E-state index contributed by atoms with van der Waals surface area (Å²) in [6.45, 7) is 6.35. The van der Waals surface area contributed by atoms with Gasteiger partial charge >= 0.3 is 12.0 Å². The highest BCUT2D eigenvalue weighted by Crippen LogP contribution is 2.19. The topological polar surface area (TPSA) is 108 Å². The lowest BCUT2D eigenvalue weighted by Crippen LogP contribution is -2.50. The molecule has 1 aliphatic heterocycles. The zero-order valence-electron chi connectivity index (χ0n) is 12.0. The van der Waals surface area contributed by atoms with Crippen LogP contribution >= 0.6 is 0 Å². The van der Waals surface area contributed by atoms with E-state index in [1.807, 2.05) is 6.92 Å². The van der Waals surface area contributed by atoms with Crippen LogP contribution in [0, 0.1) is 5.92 Å². The third-order valence-electron chi connectivity index (χ3n) is 3.25. The van der Waals surface area contributed by atoms with Crippen molar-refractivity contribution >= 4 is 17.9 Å². The summed E-state index contributed by atoms with van der Waals surface area (Å²) in [7, 11) is 0. The fraction of sp³-hybridized carbons (Fsp3) is 0.615. The first-order valence-electron chi connectivity index (χ1n) is 6.72. The predicted molar refractivity (Wildman–Crippen MR) is 74.7 cm³/mol. The zero-order chi connectivity index (χ0) is 15.8. The summed E-state index contributed by atoms with van der Waals surface area (Å²) in [5.41, 5.74) is 0. The molecule has 21 heavy (non-hydrogen) atoms. The van der Waals surface area contributed by atoms with Crippen LogP contribution in [0.5, 0.6) is 0 Å². The molecule has 0 aromatic heterocycles.